The number of ether oxygens (including phenoxy) is 7. The number of esters is 3. The number of hydrogen-bond donors (Lipinski definition) is 6. The highest BCUT2D eigenvalue weighted by Crippen LogP contribution is 2.36. The first-order valence-electron chi connectivity index (χ1n) is 16.6. The summed E-state index contributed by atoms with van der Waals surface area (Å²) in [6, 6.07) is 6.37. The van der Waals surface area contributed by atoms with E-state index in [1.54, 1.807) is 13.0 Å². The third-order valence-electron chi connectivity index (χ3n) is 8.43. The zero-order valence-electron chi connectivity index (χ0n) is 30.8. The van der Waals surface area contributed by atoms with Crippen LogP contribution in [0.2, 0.25) is 0 Å². The number of phenolic OH excluding ortho intramolecular Hbond substituents is 1. The molecule has 18 nitrogen and oxygen atoms in total. The van der Waals surface area contributed by atoms with Gasteiger partial charge in [0.15, 0.2) is 6.10 Å². The molecule has 0 spiro atoms. The zero-order chi connectivity index (χ0) is 40.9. The van der Waals surface area contributed by atoms with Crippen molar-refractivity contribution in [3.8, 4) is 34.5 Å². The summed E-state index contributed by atoms with van der Waals surface area (Å²) in [5.41, 5.74) is 0.0923. The number of aliphatic carboxylic acids is 1. The Kier molecular flexibility index (Phi) is 13.3. The van der Waals surface area contributed by atoms with Crippen LogP contribution in [-0.4, -0.2) is 113 Å². The van der Waals surface area contributed by atoms with Crippen LogP contribution in [0.5, 0.6) is 34.5 Å². The summed E-state index contributed by atoms with van der Waals surface area (Å²) in [4.78, 5) is 63.3. The van der Waals surface area contributed by atoms with Crippen molar-refractivity contribution >= 4 is 29.8 Å². The first kappa shape index (κ1) is 41.8. The summed E-state index contributed by atoms with van der Waals surface area (Å²) in [7, 11) is 2.79. The summed E-state index contributed by atoms with van der Waals surface area (Å²) in [6.07, 6.45) is -8.45. The molecule has 3 aromatic carbocycles. The zero-order valence-corrected chi connectivity index (χ0v) is 30.8. The molecule has 1 saturated heterocycles. The molecule has 0 aliphatic carbocycles. The summed E-state index contributed by atoms with van der Waals surface area (Å²) >= 11 is 0. The number of amides is 1. The molecule has 6 N–H and O–H groups in total. The Labute approximate surface area is 314 Å². The highest BCUT2D eigenvalue weighted by molar-refractivity contribution is 6.01. The van der Waals surface area contributed by atoms with Crippen LogP contribution < -0.4 is 29.0 Å². The van der Waals surface area contributed by atoms with Crippen molar-refractivity contribution in [2.45, 2.75) is 71.4 Å². The van der Waals surface area contributed by atoms with Gasteiger partial charge in [-0.15, -0.1) is 0 Å². The van der Waals surface area contributed by atoms with E-state index in [9.17, 15) is 44.4 Å². The molecule has 0 saturated carbocycles. The highest BCUT2D eigenvalue weighted by Gasteiger charge is 2.48. The van der Waals surface area contributed by atoms with E-state index >= 15 is 0 Å². The van der Waals surface area contributed by atoms with Gasteiger partial charge in [-0.25, -0.2) is 9.59 Å². The van der Waals surface area contributed by atoms with Crippen LogP contribution in [-0.2, 0) is 19.1 Å². The van der Waals surface area contributed by atoms with Gasteiger partial charge in [0.1, 0.15) is 70.0 Å². The number of carbonyl (C=O) groups excluding carboxylic acids is 4. The lowest BCUT2D eigenvalue weighted by molar-refractivity contribution is -0.281. The van der Waals surface area contributed by atoms with Crippen LogP contribution in [0.1, 0.15) is 61.6 Å². The maximum atomic E-state index is 13.9. The normalized spacial score (nSPS) is 19.7. The topological polar surface area (TPSA) is 263 Å². The van der Waals surface area contributed by atoms with Crippen molar-refractivity contribution in [2.75, 3.05) is 20.8 Å². The smallest absolute Gasteiger partial charge is 0.347 e. The molecule has 6 atom stereocenters. The minimum absolute atomic E-state index is 0.0464. The number of carboxylic acid groups (broad SMARTS) is 1. The molecule has 18 heteroatoms. The number of methoxy groups -OCH3 is 2. The van der Waals surface area contributed by atoms with Crippen LogP contribution in [0, 0.1) is 20.8 Å². The van der Waals surface area contributed by atoms with Gasteiger partial charge in [-0.2, -0.15) is 0 Å². The number of carbonyl (C=O) groups is 5. The van der Waals surface area contributed by atoms with Crippen molar-refractivity contribution < 1.29 is 82.7 Å². The molecule has 0 bridgehead atoms. The van der Waals surface area contributed by atoms with Gasteiger partial charge in [-0.1, -0.05) is 0 Å². The van der Waals surface area contributed by atoms with Crippen molar-refractivity contribution in [1.82, 2.24) is 5.32 Å². The molecule has 1 fully saturated rings. The number of rotatable bonds is 13. The SMILES string of the molecule is COc1cc(C)c(C(=O)Oc2cc(C)c(C(=O)Oc3cc(C)c(C(=O)NC(C)C(=O)O)c(O)c3)c(OC3OC(CO)C(O)C(O)C3OC(C)=O)c2)c(OC)c1. The van der Waals surface area contributed by atoms with Crippen LogP contribution in [0.15, 0.2) is 36.4 Å². The minimum Gasteiger partial charge on any atom is -0.507 e. The van der Waals surface area contributed by atoms with E-state index in [-0.39, 0.29) is 45.1 Å². The number of aromatic hydroxyl groups is 1. The van der Waals surface area contributed by atoms with E-state index < -0.39 is 84.6 Å². The van der Waals surface area contributed by atoms with Gasteiger partial charge in [-0.05, 0) is 62.6 Å². The van der Waals surface area contributed by atoms with E-state index in [2.05, 4.69) is 5.32 Å². The number of aliphatic hydroxyl groups is 3. The highest BCUT2D eigenvalue weighted by atomic mass is 16.7. The van der Waals surface area contributed by atoms with Gasteiger partial charge in [0.2, 0.25) is 6.29 Å². The van der Waals surface area contributed by atoms with Gasteiger partial charge in [-0.3, -0.25) is 14.4 Å². The van der Waals surface area contributed by atoms with Gasteiger partial charge in [0, 0.05) is 25.1 Å². The molecule has 1 amide bonds. The lowest BCUT2D eigenvalue weighted by Crippen LogP contribution is -2.61. The predicted molar refractivity (Wildman–Crippen MR) is 187 cm³/mol. The largest absolute Gasteiger partial charge is 0.507 e. The number of nitrogens with one attached hydrogen (secondary N) is 1. The van der Waals surface area contributed by atoms with E-state index in [4.69, 9.17) is 38.3 Å². The molecule has 0 aromatic heterocycles. The maximum absolute atomic E-state index is 13.9. The van der Waals surface area contributed by atoms with Gasteiger partial charge in [0.25, 0.3) is 5.91 Å². The molecular formula is C37H41NO17. The lowest BCUT2D eigenvalue weighted by atomic mass is 9.99. The van der Waals surface area contributed by atoms with Gasteiger partial charge in [0.05, 0.1) is 26.4 Å². The fourth-order valence-corrected chi connectivity index (χ4v) is 5.73. The predicted octanol–water partition coefficient (Wildman–Crippen LogP) is 1.73. The molecule has 0 radical (unpaired) electrons. The van der Waals surface area contributed by atoms with Crippen molar-refractivity contribution in [2.24, 2.45) is 0 Å². The standard InChI is InChI=1S/C37H41NO17/c1-15-9-21(11-23(41)27(15)33(44)38-18(4)34(45)46)52-36(48)29-17(3)10-22(53-35(47)28-16(2)8-20(49-6)12-24(28)50-7)13-25(29)54-37-32(51-19(5)40)31(43)30(42)26(14-39)55-37/h8-13,18,26,30-32,37,39,41-43H,14H2,1-7H3,(H,38,44)(H,45,46). The first-order valence-corrected chi connectivity index (χ1v) is 16.6. The average molecular weight is 772 g/mol. The van der Waals surface area contributed by atoms with E-state index in [0.29, 0.717) is 11.3 Å². The number of aliphatic hydroxyl groups excluding tert-OH is 3. The Balaban J connectivity index is 1.77. The van der Waals surface area contributed by atoms with E-state index in [1.807, 2.05) is 0 Å². The molecular weight excluding hydrogens is 730 g/mol. The Morgan fingerprint density at radius 2 is 1.31 bits per heavy atom. The molecule has 3 aromatic rings. The van der Waals surface area contributed by atoms with Crippen LogP contribution in [0.3, 0.4) is 0 Å². The monoisotopic (exact) mass is 771 g/mol. The molecule has 296 valence electrons. The van der Waals surface area contributed by atoms with Crippen LogP contribution in [0.25, 0.3) is 0 Å². The number of aryl methyl sites for hydroxylation is 3. The molecule has 1 aliphatic heterocycles. The third kappa shape index (κ3) is 9.41. The van der Waals surface area contributed by atoms with Crippen LogP contribution >= 0.6 is 0 Å². The van der Waals surface area contributed by atoms with Crippen molar-refractivity contribution in [1.29, 1.82) is 0 Å². The maximum Gasteiger partial charge on any atom is 0.347 e. The summed E-state index contributed by atoms with van der Waals surface area (Å²) in [5, 5.41) is 53.1. The minimum atomic E-state index is -1.83. The Bertz CT molecular complexity index is 1950. The van der Waals surface area contributed by atoms with E-state index in [1.165, 1.54) is 53.2 Å². The van der Waals surface area contributed by atoms with Crippen LogP contribution in [0.4, 0.5) is 0 Å². The summed E-state index contributed by atoms with van der Waals surface area (Å²) < 4.78 is 38.7. The Hall–Kier alpha value is -5.95. The molecule has 1 heterocycles. The number of phenols is 1. The summed E-state index contributed by atoms with van der Waals surface area (Å²) in [6.45, 7) is 5.92. The Morgan fingerprint density at radius 1 is 0.782 bits per heavy atom. The quantitative estimate of drug-likeness (QED) is 0.107. The average Bonchev–Trinajstić information content (AvgIpc) is 3.09. The number of benzene rings is 3. The van der Waals surface area contributed by atoms with E-state index in [0.717, 1.165) is 19.1 Å². The first-order chi connectivity index (χ1) is 25.9. The van der Waals surface area contributed by atoms with Crippen molar-refractivity contribution in [3.63, 3.8) is 0 Å². The second-order valence-electron chi connectivity index (χ2n) is 12.5. The molecule has 55 heavy (non-hydrogen) atoms. The third-order valence-corrected chi connectivity index (χ3v) is 8.43. The molecule has 4 rings (SSSR count). The molecule has 6 unspecified atom stereocenters. The fraction of sp³-hybridized carbons (Fsp3) is 0.378. The second-order valence-corrected chi connectivity index (χ2v) is 12.5. The van der Waals surface area contributed by atoms with Gasteiger partial charge < -0.3 is 64.0 Å². The Morgan fingerprint density at radius 3 is 1.82 bits per heavy atom. The fourth-order valence-electron chi connectivity index (χ4n) is 5.73. The molecule has 1 aliphatic rings. The van der Waals surface area contributed by atoms with Gasteiger partial charge >= 0.3 is 23.9 Å². The summed E-state index contributed by atoms with van der Waals surface area (Å²) in [5.74, 6) is -6.03. The second kappa shape index (κ2) is 17.5. The number of hydrogen-bond acceptors (Lipinski definition) is 16. The number of carboxylic acids is 1. The lowest BCUT2D eigenvalue weighted by Gasteiger charge is -2.41. The van der Waals surface area contributed by atoms with Crippen molar-refractivity contribution in [3.05, 3.63) is 69.8 Å².